The topological polar surface area (TPSA) is 38.1 Å². The van der Waals surface area contributed by atoms with E-state index in [4.69, 9.17) is 0 Å². The number of ketones is 1. The molecule has 1 saturated heterocycles. The second-order valence-electron chi connectivity index (χ2n) is 8.93. The SMILES string of the molecule is CC(C)C(=O)c1ccc(-c2ccc(CN3CCC(Cn4cc(S)cn4)CC3)cc2)cc1. The molecule has 5 heteroatoms. The molecule has 0 unspecified atom stereocenters. The van der Waals surface area contributed by atoms with Gasteiger partial charge in [0.15, 0.2) is 5.78 Å². The number of carbonyl (C=O) groups excluding carboxylic acids is 1. The number of likely N-dealkylation sites (tertiary alicyclic amines) is 1. The molecule has 1 aliphatic rings. The predicted molar refractivity (Wildman–Crippen MR) is 129 cm³/mol. The van der Waals surface area contributed by atoms with Gasteiger partial charge in [0.25, 0.3) is 0 Å². The van der Waals surface area contributed by atoms with Crippen LogP contribution in [0, 0.1) is 11.8 Å². The van der Waals surface area contributed by atoms with Gasteiger partial charge in [-0.15, -0.1) is 12.6 Å². The number of hydrogen-bond donors (Lipinski definition) is 1. The number of benzene rings is 2. The summed E-state index contributed by atoms with van der Waals surface area (Å²) >= 11 is 4.34. The van der Waals surface area contributed by atoms with Crippen molar-refractivity contribution in [1.29, 1.82) is 0 Å². The van der Waals surface area contributed by atoms with Gasteiger partial charge in [-0.1, -0.05) is 62.4 Å². The first kappa shape index (κ1) is 21.8. The summed E-state index contributed by atoms with van der Waals surface area (Å²) in [6.45, 7) is 8.13. The molecular weight excluding hydrogens is 402 g/mol. The summed E-state index contributed by atoms with van der Waals surface area (Å²) in [6.07, 6.45) is 6.23. The average molecular weight is 434 g/mol. The standard InChI is InChI=1S/C26H31N3OS/c1-19(2)26(30)24-9-7-23(8-10-24)22-5-3-20(4-6-22)16-28-13-11-21(12-14-28)17-29-18-25(31)15-27-29/h3-10,15,18-19,21,31H,11-14,16-17H2,1-2H3. The fraction of sp³-hybridized carbons (Fsp3) is 0.385. The van der Waals surface area contributed by atoms with Crippen LogP contribution in [0.1, 0.15) is 42.6 Å². The maximum atomic E-state index is 12.1. The first-order chi connectivity index (χ1) is 15.0. The maximum absolute atomic E-state index is 12.1. The third-order valence-electron chi connectivity index (χ3n) is 6.16. The molecule has 1 aromatic heterocycles. The number of thiol groups is 1. The van der Waals surface area contributed by atoms with Crippen LogP contribution >= 0.6 is 12.6 Å². The summed E-state index contributed by atoms with van der Waals surface area (Å²) in [5.41, 5.74) is 4.47. The average Bonchev–Trinajstić information content (AvgIpc) is 3.19. The van der Waals surface area contributed by atoms with Crippen LogP contribution in [0.15, 0.2) is 65.8 Å². The number of aromatic nitrogens is 2. The van der Waals surface area contributed by atoms with Crippen molar-refractivity contribution in [2.24, 2.45) is 11.8 Å². The Morgan fingerprint density at radius 1 is 1.03 bits per heavy atom. The molecule has 0 N–H and O–H groups in total. The highest BCUT2D eigenvalue weighted by molar-refractivity contribution is 7.80. The van der Waals surface area contributed by atoms with Crippen molar-refractivity contribution in [2.75, 3.05) is 13.1 Å². The lowest BCUT2D eigenvalue weighted by atomic mass is 9.96. The summed E-state index contributed by atoms with van der Waals surface area (Å²) in [5, 5.41) is 4.36. The minimum Gasteiger partial charge on any atom is -0.299 e. The minimum atomic E-state index is 0.0293. The quantitative estimate of drug-likeness (QED) is 0.390. The Bertz CT molecular complexity index is 1000. The molecule has 0 radical (unpaired) electrons. The molecule has 0 spiro atoms. The zero-order valence-electron chi connectivity index (χ0n) is 18.4. The summed E-state index contributed by atoms with van der Waals surface area (Å²) in [7, 11) is 0. The molecule has 0 amide bonds. The number of piperidine rings is 1. The third kappa shape index (κ3) is 5.66. The maximum Gasteiger partial charge on any atom is 0.165 e. The molecule has 4 nitrogen and oxygen atoms in total. The lowest BCUT2D eigenvalue weighted by molar-refractivity contribution is 0.0939. The molecule has 4 rings (SSSR count). The molecule has 0 atom stereocenters. The van der Waals surface area contributed by atoms with Gasteiger partial charge in [-0.2, -0.15) is 5.10 Å². The Balaban J connectivity index is 1.29. The molecule has 2 aromatic carbocycles. The van der Waals surface area contributed by atoms with Gasteiger partial charge in [-0.3, -0.25) is 14.4 Å². The van der Waals surface area contributed by atoms with Crippen LogP contribution in [-0.4, -0.2) is 33.6 Å². The minimum absolute atomic E-state index is 0.0293. The smallest absolute Gasteiger partial charge is 0.165 e. The number of nitrogens with zero attached hydrogens (tertiary/aromatic N) is 3. The molecule has 0 aliphatic carbocycles. The lowest BCUT2D eigenvalue weighted by Crippen LogP contribution is -2.34. The summed E-state index contributed by atoms with van der Waals surface area (Å²) in [6, 6.07) is 16.8. The zero-order chi connectivity index (χ0) is 21.8. The molecule has 1 fully saturated rings. The van der Waals surface area contributed by atoms with E-state index in [1.165, 1.54) is 24.0 Å². The Kier molecular flexibility index (Phi) is 6.93. The van der Waals surface area contributed by atoms with Gasteiger partial charge in [-0.05, 0) is 48.5 Å². The van der Waals surface area contributed by atoms with E-state index in [1.54, 1.807) is 6.20 Å². The highest BCUT2D eigenvalue weighted by Crippen LogP contribution is 2.24. The van der Waals surface area contributed by atoms with E-state index in [9.17, 15) is 4.79 Å². The second-order valence-corrected chi connectivity index (χ2v) is 9.45. The van der Waals surface area contributed by atoms with E-state index in [1.807, 2.05) is 49.0 Å². The van der Waals surface area contributed by atoms with Gasteiger partial charge in [-0.25, -0.2) is 0 Å². The molecular formula is C26H31N3OS. The molecule has 0 saturated carbocycles. The van der Waals surface area contributed by atoms with Crippen LogP contribution in [0.2, 0.25) is 0 Å². The van der Waals surface area contributed by atoms with Gasteiger partial charge in [0.05, 0.1) is 6.20 Å². The van der Waals surface area contributed by atoms with Crippen LogP contribution in [0.4, 0.5) is 0 Å². The normalized spacial score (nSPS) is 15.5. The molecule has 2 heterocycles. The first-order valence-electron chi connectivity index (χ1n) is 11.2. The van der Waals surface area contributed by atoms with Gasteiger partial charge in [0.1, 0.15) is 0 Å². The second kappa shape index (κ2) is 9.84. The van der Waals surface area contributed by atoms with E-state index in [2.05, 4.69) is 46.9 Å². The monoisotopic (exact) mass is 433 g/mol. The fourth-order valence-corrected chi connectivity index (χ4v) is 4.45. The summed E-state index contributed by atoms with van der Waals surface area (Å²) < 4.78 is 2.02. The van der Waals surface area contributed by atoms with E-state index >= 15 is 0 Å². The Hall–Kier alpha value is -2.37. The van der Waals surface area contributed by atoms with Crippen molar-refractivity contribution in [3.05, 3.63) is 72.1 Å². The van der Waals surface area contributed by atoms with Crippen molar-refractivity contribution in [2.45, 2.75) is 44.7 Å². The van der Waals surface area contributed by atoms with E-state index in [0.29, 0.717) is 5.92 Å². The van der Waals surface area contributed by atoms with Crippen LogP contribution in [0.3, 0.4) is 0 Å². The highest BCUT2D eigenvalue weighted by atomic mass is 32.1. The van der Waals surface area contributed by atoms with Gasteiger partial charge in [0, 0.05) is 35.7 Å². The molecule has 0 bridgehead atoms. The number of Topliss-reactive ketones (excluding diaryl/α,β-unsaturated/α-hetero) is 1. The van der Waals surface area contributed by atoms with Crippen LogP contribution in [0.5, 0.6) is 0 Å². The number of carbonyl (C=O) groups is 1. The van der Waals surface area contributed by atoms with E-state index in [0.717, 1.165) is 42.2 Å². The fourth-order valence-electron chi connectivity index (χ4n) is 4.27. The molecule has 162 valence electrons. The van der Waals surface area contributed by atoms with Crippen molar-refractivity contribution in [3.63, 3.8) is 0 Å². The third-order valence-corrected chi connectivity index (χ3v) is 6.39. The molecule has 31 heavy (non-hydrogen) atoms. The Morgan fingerprint density at radius 2 is 1.65 bits per heavy atom. The van der Waals surface area contributed by atoms with Gasteiger partial charge in [0.2, 0.25) is 0 Å². The zero-order valence-corrected chi connectivity index (χ0v) is 19.3. The summed E-state index contributed by atoms with van der Waals surface area (Å²) in [4.78, 5) is 15.6. The van der Waals surface area contributed by atoms with Crippen LogP contribution in [-0.2, 0) is 13.1 Å². The van der Waals surface area contributed by atoms with E-state index < -0.39 is 0 Å². The Labute approximate surface area is 190 Å². The number of hydrogen-bond acceptors (Lipinski definition) is 4. The largest absolute Gasteiger partial charge is 0.299 e. The molecule has 1 aliphatic heterocycles. The van der Waals surface area contributed by atoms with Crippen molar-refractivity contribution >= 4 is 18.4 Å². The van der Waals surface area contributed by atoms with E-state index in [-0.39, 0.29) is 11.7 Å². The Morgan fingerprint density at radius 3 is 2.19 bits per heavy atom. The van der Waals surface area contributed by atoms with Crippen LogP contribution in [0.25, 0.3) is 11.1 Å². The highest BCUT2D eigenvalue weighted by Gasteiger charge is 2.20. The number of rotatable bonds is 7. The predicted octanol–water partition coefficient (Wildman–Crippen LogP) is 5.59. The van der Waals surface area contributed by atoms with Gasteiger partial charge < -0.3 is 0 Å². The molecule has 3 aromatic rings. The first-order valence-corrected chi connectivity index (χ1v) is 11.6. The lowest BCUT2D eigenvalue weighted by Gasteiger charge is -2.32. The van der Waals surface area contributed by atoms with Crippen molar-refractivity contribution in [3.8, 4) is 11.1 Å². The van der Waals surface area contributed by atoms with Gasteiger partial charge >= 0.3 is 0 Å². The van der Waals surface area contributed by atoms with Crippen molar-refractivity contribution < 1.29 is 4.79 Å². The van der Waals surface area contributed by atoms with Crippen LogP contribution < -0.4 is 0 Å². The summed E-state index contributed by atoms with van der Waals surface area (Å²) in [5.74, 6) is 0.917. The van der Waals surface area contributed by atoms with Crippen molar-refractivity contribution in [1.82, 2.24) is 14.7 Å².